The van der Waals surface area contributed by atoms with Gasteiger partial charge in [-0.15, -0.1) is 0 Å². The van der Waals surface area contributed by atoms with Crippen LogP contribution in [0.5, 0.6) is 0 Å². The van der Waals surface area contributed by atoms with Crippen LogP contribution in [0.15, 0.2) is 78.9 Å². The van der Waals surface area contributed by atoms with Crippen LogP contribution < -0.4 is 21.3 Å². The molecule has 0 aliphatic heterocycles. The van der Waals surface area contributed by atoms with Crippen LogP contribution in [0.25, 0.3) is 11.1 Å². The van der Waals surface area contributed by atoms with Gasteiger partial charge in [0.15, 0.2) is 0 Å². The maximum Gasteiger partial charge on any atom is 0.407 e. The van der Waals surface area contributed by atoms with E-state index in [1.165, 1.54) is 6.92 Å². The third kappa shape index (κ3) is 9.92. The zero-order valence-electron chi connectivity index (χ0n) is 29.1. The third-order valence-corrected chi connectivity index (χ3v) is 9.10. The predicted octanol–water partition coefficient (Wildman–Crippen LogP) is 4.70. The number of hydrogen-bond donors (Lipinski definition) is 5. The van der Waals surface area contributed by atoms with Crippen LogP contribution in [-0.2, 0) is 25.5 Å². The molecule has 0 unspecified atom stereocenters. The van der Waals surface area contributed by atoms with Gasteiger partial charge in [0.2, 0.25) is 17.7 Å². The summed E-state index contributed by atoms with van der Waals surface area (Å²) in [7, 11) is 0. The second kappa shape index (κ2) is 17.6. The van der Waals surface area contributed by atoms with Gasteiger partial charge in [0.1, 0.15) is 24.7 Å². The van der Waals surface area contributed by atoms with E-state index in [1.807, 2.05) is 94.4 Å². The Morgan fingerprint density at radius 3 is 1.90 bits per heavy atom. The van der Waals surface area contributed by atoms with Crippen molar-refractivity contribution < 1.29 is 29.0 Å². The maximum absolute atomic E-state index is 13.6. The number of amides is 4. The van der Waals surface area contributed by atoms with E-state index in [4.69, 9.17) is 4.74 Å². The average Bonchev–Trinajstić information content (AvgIpc) is 3.42. The van der Waals surface area contributed by atoms with E-state index in [9.17, 15) is 24.3 Å². The lowest BCUT2D eigenvalue weighted by atomic mass is 9.96. The molecule has 0 heterocycles. The minimum Gasteiger partial charge on any atom is -0.449 e. The van der Waals surface area contributed by atoms with E-state index >= 15 is 0 Å². The highest BCUT2D eigenvalue weighted by Gasteiger charge is 2.33. The SMILES string of the molecule is CC[C@H](C)[C@H](NC(=O)[C@H](CC(C)C)NC(=O)[C@H](C)NC(=O)OCC1c2ccccc2-c2ccccc21)C(=O)N[C@@H](CO)Cc1ccccc1. The van der Waals surface area contributed by atoms with Crippen molar-refractivity contribution >= 4 is 23.8 Å². The number of fused-ring (bicyclic) bond motifs is 3. The zero-order valence-corrected chi connectivity index (χ0v) is 29.1. The standard InChI is InChI=1S/C39H50N4O6/c1-6-25(4)35(38(47)41-28(22-44)21-27-14-8-7-9-15-27)43-37(46)34(20-24(2)3)42-36(45)26(5)40-39(48)49-23-33-31-18-12-10-16-29(31)30-17-11-13-19-32(30)33/h7-19,24-26,28,33-35,44H,6,20-23H2,1-5H3,(H,40,48)(H,41,47)(H,42,45)(H,43,46)/t25-,26-,28+,34-,35-/m0/s1. The van der Waals surface area contributed by atoms with Crippen molar-refractivity contribution in [1.82, 2.24) is 21.3 Å². The fraction of sp³-hybridized carbons (Fsp3) is 0.436. The van der Waals surface area contributed by atoms with E-state index in [1.54, 1.807) is 0 Å². The summed E-state index contributed by atoms with van der Waals surface area (Å²) < 4.78 is 5.60. The second-order valence-corrected chi connectivity index (χ2v) is 13.3. The minimum absolute atomic E-state index is 0.0435. The van der Waals surface area contributed by atoms with Gasteiger partial charge in [-0.05, 0) is 59.4 Å². The molecule has 10 nitrogen and oxygen atoms in total. The summed E-state index contributed by atoms with van der Waals surface area (Å²) in [4.78, 5) is 53.2. The fourth-order valence-corrected chi connectivity index (χ4v) is 6.19. The summed E-state index contributed by atoms with van der Waals surface area (Å²) >= 11 is 0. The molecule has 0 spiro atoms. The number of carbonyl (C=O) groups is 4. The summed E-state index contributed by atoms with van der Waals surface area (Å²) in [5.74, 6) is -1.76. The topological polar surface area (TPSA) is 146 Å². The molecule has 5 N–H and O–H groups in total. The van der Waals surface area contributed by atoms with Crippen molar-refractivity contribution in [2.24, 2.45) is 11.8 Å². The van der Waals surface area contributed by atoms with Gasteiger partial charge in [-0.2, -0.15) is 0 Å². The number of carbonyl (C=O) groups excluding carboxylic acids is 4. The van der Waals surface area contributed by atoms with Crippen LogP contribution in [0.1, 0.15) is 70.1 Å². The van der Waals surface area contributed by atoms with Gasteiger partial charge in [-0.25, -0.2) is 4.79 Å². The van der Waals surface area contributed by atoms with Crippen LogP contribution in [0.2, 0.25) is 0 Å². The first-order valence-corrected chi connectivity index (χ1v) is 17.2. The molecule has 4 amide bonds. The summed E-state index contributed by atoms with van der Waals surface area (Å²) in [5.41, 5.74) is 5.35. The molecule has 5 atom stereocenters. The van der Waals surface area contributed by atoms with Crippen molar-refractivity contribution in [1.29, 1.82) is 0 Å². The number of hydrogen-bond acceptors (Lipinski definition) is 6. The number of nitrogens with one attached hydrogen (secondary N) is 4. The van der Waals surface area contributed by atoms with Gasteiger partial charge in [0.05, 0.1) is 12.6 Å². The van der Waals surface area contributed by atoms with Crippen molar-refractivity contribution in [2.45, 2.75) is 84.0 Å². The molecule has 3 aromatic carbocycles. The monoisotopic (exact) mass is 670 g/mol. The second-order valence-electron chi connectivity index (χ2n) is 13.3. The highest BCUT2D eigenvalue weighted by Crippen LogP contribution is 2.44. The molecular weight excluding hydrogens is 620 g/mol. The molecule has 0 aromatic heterocycles. The summed E-state index contributed by atoms with van der Waals surface area (Å²) in [6.07, 6.45) is 0.627. The molecule has 4 rings (SSSR count). The minimum atomic E-state index is -0.991. The molecular formula is C39H50N4O6. The molecule has 0 saturated heterocycles. The number of ether oxygens (including phenoxy) is 1. The van der Waals surface area contributed by atoms with E-state index in [-0.39, 0.29) is 31.0 Å². The molecule has 3 aromatic rings. The number of alkyl carbamates (subject to hydrolysis) is 1. The van der Waals surface area contributed by atoms with E-state index in [0.717, 1.165) is 27.8 Å². The van der Waals surface area contributed by atoms with Crippen LogP contribution >= 0.6 is 0 Å². The zero-order chi connectivity index (χ0) is 35.5. The average molecular weight is 671 g/mol. The molecule has 0 radical (unpaired) electrons. The van der Waals surface area contributed by atoms with Gasteiger partial charge in [-0.3, -0.25) is 14.4 Å². The fourth-order valence-electron chi connectivity index (χ4n) is 6.19. The number of rotatable bonds is 16. The van der Waals surface area contributed by atoms with Crippen LogP contribution in [0.4, 0.5) is 4.79 Å². The van der Waals surface area contributed by atoms with Crippen molar-refractivity contribution in [3.63, 3.8) is 0 Å². The first-order chi connectivity index (χ1) is 23.5. The Labute approximate surface area is 289 Å². The van der Waals surface area contributed by atoms with Crippen molar-refractivity contribution in [3.8, 4) is 11.1 Å². The Hall–Kier alpha value is -4.70. The molecule has 262 valence electrons. The highest BCUT2D eigenvalue weighted by molar-refractivity contribution is 5.94. The van der Waals surface area contributed by atoms with E-state index < -0.39 is 48.0 Å². The molecule has 1 aliphatic carbocycles. The Bertz CT molecular complexity index is 1530. The predicted molar refractivity (Wildman–Crippen MR) is 190 cm³/mol. The van der Waals surface area contributed by atoms with Crippen LogP contribution in [-0.4, -0.2) is 66.3 Å². The molecule has 0 bridgehead atoms. The largest absolute Gasteiger partial charge is 0.449 e. The molecule has 0 saturated carbocycles. The van der Waals surface area contributed by atoms with E-state index in [0.29, 0.717) is 19.3 Å². The Morgan fingerprint density at radius 1 is 0.735 bits per heavy atom. The normalized spacial score (nSPS) is 15.2. The number of aliphatic hydroxyl groups excluding tert-OH is 1. The molecule has 49 heavy (non-hydrogen) atoms. The Morgan fingerprint density at radius 2 is 1.33 bits per heavy atom. The molecule has 0 fully saturated rings. The quantitative estimate of drug-likeness (QED) is 0.150. The highest BCUT2D eigenvalue weighted by atomic mass is 16.5. The third-order valence-electron chi connectivity index (χ3n) is 9.10. The lowest BCUT2D eigenvalue weighted by Gasteiger charge is -2.29. The van der Waals surface area contributed by atoms with Crippen molar-refractivity contribution in [2.75, 3.05) is 13.2 Å². The van der Waals surface area contributed by atoms with E-state index in [2.05, 4.69) is 33.4 Å². The number of aliphatic hydroxyl groups is 1. The van der Waals surface area contributed by atoms with Crippen molar-refractivity contribution in [3.05, 3.63) is 95.6 Å². The lowest BCUT2D eigenvalue weighted by molar-refractivity contribution is -0.134. The Balaban J connectivity index is 1.35. The van der Waals surface area contributed by atoms with Gasteiger partial charge in [0, 0.05) is 5.92 Å². The van der Waals surface area contributed by atoms with Crippen LogP contribution in [0.3, 0.4) is 0 Å². The molecule has 10 heteroatoms. The Kier molecular flexibility index (Phi) is 13.4. The molecule has 1 aliphatic rings. The van der Waals surface area contributed by atoms with Gasteiger partial charge >= 0.3 is 6.09 Å². The van der Waals surface area contributed by atoms with Gasteiger partial charge in [-0.1, -0.05) is 113 Å². The lowest BCUT2D eigenvalue weighted by Crippen LogP contribution is -2.59. The first kappa shape index (κ1) is 37.1. The van der Waals surface area contributed by atoms with Gasteiger partial charge in [0.25, 0.3) is 0 Å². The van der Waals surface area contributed by atoms with Crippen LogP contribution in [0, 0.1) is 11.8 Å². The number of benzene rings is 3. The smallest absolute Gasteiger partial charge is 0.407 e. The maximum atomic E-state index is 13.6. The van der Waals surface area contributed by atoms with Gasteiger partial charge < -0.3 is 31.1 Å². The first-order valence-electron chi connectivity index (χ1n) is 17.2. The summed E-state index contributed by atoms with van der Waals surface area (Å²) in [6, 6.07) is 22.2. The summed E-state index contributed by atoms with van der Waals surface area (Å²) in [6.45, 7) is 9.02. The summed E-state index contributed by atoms with van der Waals surface area (Å²) in [5, 5.41) is 21.1.